The number of carbonyl (C=O) groups is 2. The van der Waals surface area contributed by atoms with Crippen LogP contribution < -0.4 is 5.32 Å². The molecule has 2 aliphatic rings. The third-order valence-electron chi connectivity index (χ3n) is 2.21. The van der Waals surface area contributed by atoms with Crippen LogP contribution in [-0.2, 0) is 20.4 Å². The number of carbonyl (C=O) groups excluding carboxylic acids is 2. The first-order chi connectivity index (χ1) is 6.59. The summed E-state index contributed by atoms with van der Waals surface area (Å²) >= 11 is 0. The summed E-state index contributed by atoms with van der Waals surface area (Å²) in [4.78, 5) is 23.4. The van der Waals surface area contributed by atoms with Crippen molar-refractivity contribution in [3.05, 3.63) is 11.9 Å². The maximum absolute atomic E-state index is 11.4. The zero-order valence-electron chi connectivity index (χ0n) is 7.65. The second-order valence-electron chi connectivity index (χ2n) is 3.24. The molecule has 0 aliphatic carbocycles. The average Bonchev–Trinajstić information content (AvgIpc) is 2.07. The van der Waals surface area contributed by atoms with Gasteiger partial charge in [-0.2, -0.15) is 0 Å². The molecule has 14 heavy (non-hydrogen) atoms. The van der Waals surface area contributed by atoms with Gasteiger partial charge in [-0.3, -0.25) is 18.7 Å². The van der Waals surface area contributed by atoms with Crippen molar-refractivity contribution in [1.82, 2.24) is 10.2 Å². The maximum atomic E-state index is 11.4. The normalized spacial score (nSPS) is 30.2. The molecular formula is C8H10N2O3S. The number of nitrogens with one attached hydrogen (secondary N) is 1. The molecule has 0 bridgehead atoms. The topological polar surface area (TPSA) is 66.5 Å². The third-order valence-corrected chi connectivity index (χ3v) is 3.69. The van der Waals surface area contributed by atoms with E-state index in [1.807, 2.05) is 0 Å². The molecule has 2 rings (SSSR count). The molecule has 0 spiro atoms. The van der Waals surface area contributed by atoms with Crippen LogP contribution in [0, 0.1) is 0 Å². The van der Waals surface area contributed by atoms with E-state index in [0.717, 1.165) is 0 Å². The lowest BCUT2D eigenvalue weighted by atomic mass is 10.2. The monoisotopic (exact) mass is 214 g/mol. The van der Waals surface area contributed by atoms with E-state index >= 15 is 0 Å². The lowest BCUT2D eigenvalue weighted by Crippen LogP contribution is -2.58. The predicted octanol–water partition coefficient (Wildman–Crippen LogP) is -0.715. The number of amides is 2. The van der Waals surface area contributed by atoms with E-state index < -0.39 is 10.8 Å². The molecule has 0 saturated carbocycles. The van der Waals surface area contributed by atoms with Crippen LogP contribution in [0.3, 0.4) is 0 Å². The molecule has 2 atom stereocenters. The van der Waals surface area contributed by atoms with Crippen molar-refractivity contribution >= 4 is 22.6 Å². The van der Waals surface area contributed by atoms with Gasteiger partial charge in [-0.05, 0) is 6.08 Å². The van der Waals surface area contributed by atoms with E-state index in [4.69, 9.17) is 0 Å². The fourth-order valence-corrected chi connectivity index (χ4v) is 2.89. The Balaban J connectivity index is 2.20. The van der Waals surface area contributed by atoms with Crippen molar-refractivity contribution in [1.29, 1.82) is 0 Å². The molecule has 2 amide bonds. The summed E-state index contributed by atoms with van der Waals surface area (Å²) in [5.74, 6) is 0.591. The summed E-state index contributed by atoms with van der Waals surface area (Å²) in [5, 5.41) is 2.33. The van der Waals surface area contributed by atoms with E-state index in [1.54, 1.807) is 6.08 Å². The number of rotatable bonds is 1. The Hall–Kier alpha value is -1.17. The molecule has 76 valence electrons. The number of hydrogen-bond donors (Lipinski definition) is 1. The Morgan fingerprint density at radius 1 is 1.71 bits per heavy atom. The largest absolute Gasteiger partial charge is 0.312 e. The van der Waals surface area contributed by atoms with Crippen LogP contribution in [0.15, 0.2) is 11.9 Å². The van der Waals surface area contributed by atoms with Crippen LogP contribution in [-0.4, -0.2) is 32.0 Å². The first-order valence-electron chi connectivity index (χ1n) is 4.26. The van der Waals surface area contributed by atoms with Crippen LogP contribution >= 0.6 is 0 Å². The van der Waals surface area contributed by atoms with Crippen molar-refractivity contribution in [2.24, 2.45) is 0 Å². The second kappa shape index (κ2) is 3.20. The van der Waals surface area contributed by atoms with Gasteiger partial charge in [-0.15, -0.1) is 0 Å². The van der Waals surface area contributed by atoms with Crippen LogP contribution in [0.2, 0.25) is 0 Å². The molecule has 5 nitrogen and oxygen atoms in total. The Bertz CT molecular complexity index is 364. The van der Waals surface area contributed by atoms with Gasteiger partial charge in [0.1, 0.15) is 11.2 Å². The minimum Gasteiger partial charge on any atom is -0.312 e. The predicted molar refractivity (Wildman–Crippen MR) is 50.2 cm³/mol. The van der Waals surface area contributed by atoms with Gasteiger partial charge in [0.15, 0.2) is 0 Å². The minimum absolute atomic E-state index is 0.0805. The summed E-state index contributed by atoms with van der Waals surface area (Å²) in [7, 11) is -1.01. The summed E-state index contributed by atoms with van der Waals surface area (Å²) in [6.45, 7) is 1.38. The second-order valence-corrected chi connectivity index (χ2v) is 4.88. The zero-order valence-corrected chi connectivity index (χ0v) is 8.47. The summed E-state index contributed by atoms with van der Waals surface area (Å²) in [6, 6.07) is 0. The molecule has 0 radical (unpaired) electrons. The highest BCUT2D eigenvalue weighted by atomic mass is 32.2. The highest BCUT2D eigenvalue weighted by Gasteiger charge is 2.44. The van der Waals surface area contributed by atoms with Crippen molar-refractivity contribution in [3.63, 3.8) is 0 Å². The summed E-state index contributed by atoms with van der Waals surface area (Å²) in [6.07, 6.45) is 1.95. The maximum Gasteiger partial charge on any atom is 0.232 e. The van der Waals surface area contributed by atoms with Gasteiger partial charge in [0.2, 0.25) is 11.8 Å². The van der Waals surface area contributed by atoms with Crippen LogP contribution in [0.1, 0.15) is 13.3 Å². The van der Waals surface area contributed by atoms with E-state index in [1.165, 1.54) is 11.8 Å². The first kappa shape index (κ1) is 9.39. The number of β-lactam (4-membered cyclic amide) rings is 1. The lowest BCUT2D eigenvalue weighted by molar-refractivity contribution is -0.139. The Morgan fingerprint density at radius 2 is 2.43 bits per heavy atom. The summed E-state index contributed by atoms with van der Waals surface area (Å²) in [5.41, 5.74) is 0. The smallest absolute Gasteiger partial charge is 0.232 e. The van der Waals surface area contributed by atoms with Crippen LogP contribution in [0.25, 0.3) is 0 Å². The van der Waals surface area contributed by atoms with Gasteiger partial charge in [-0.1, -0.05) is 0 Å². The quantitative estimate of drug-likeness (QED) is 0.586. The molecule has 1 fully saturated rings. The van der Waals surface area contributed by atoms with Gasteiger partial charge in [-0.25, -0.2) is 0 Å². The zero-order chi connectivity index (χ0) is 10.3. The number of nitrogens with zero attached hydrogens (tertiary/aromatic N) is 1. The van der Waals surface area contributed by atoms with E-state index in [2.05, 4.69) is 5.32 Å². The average molecular weight is 214 g/mol. The third kappa shape index (κ3) is 1.35. The molecule has 6 heteroatoms. The molecule has 0 aromatic heterocycles. The van der Waals surface area contributed by atoms with E-state index in [-0.39, 0.29) is 17.2 Å². The van der Waals surface area contributed by atoms with E-state index in [0.29, 0.717) is 18.0 Å². The van der Waals surface area contributed by atoms with Crippen molar-refractivity contribution in [3.8, 4) is 0 Å². The molecule has 2 unspecified atom stereocenters. The standard InChI is InChI=1S/C8H10N2O3S/c1-5(11)9-6-2-3-14(13)8-4-7(12)10(6)8/h2,8H,3-4H2,1H3,(H,9,11). The minimum atomic E-state index is -1.01. The molecular weight excluding hydrogens is 204 g/mol. The Labute approximate surface area is 83.6 Å². The van der Waals surface area contributed by atoms with Crippen molar-refractivity contribution in [2.75, 3.05) is 5.75 Å². The number of fused-ring (bicyclic) bond motifs is 1. The van der Waals surface area contributed by atoms with Gasteiger partial charge in [0.25, 0.3) is 0 Å². The highest BCUT2D eigenvalue weighted by molar-refractivity contribution is 7.85. The number of hydrogen-bond acceptors (Lipinski definition) is 3. The molecule has 2 heterocycles. The lowest BCUT2D eigenvalue weighted by Gasteiger charge is -2.42. The van der Waals surface area contributed by atoms with Gasteiger partial charge in [0, 0.05) is 23.5 Å². The molecule has 1 saturated heterocycles. The highest BCUT2D eigenvalue weighted by Crippen LogP contribution is 2.29. The molecule has 2 aliphatic heterocycles. The Kier molecular flexibility index (Phi) is 2.14. The van der Waals surface area contributed by atoms with Gasteiger partial charge < -0.3 is 5.32 Å². The molecule has 1 N–H and O–H groups in total. The summed E-state index contributed by atoms with van der Waals surface area (Å²) < 4.78 is 11.4. The fraction of sp³-hybridized carbons (Fsp3) is 0.500. The SMILES string of the molecule is CC(=O)NC1=CCS(=O)C2CC(=O)N12. The van der Waals surface area contributed by atoms with E-state index in [9.17, 15) is 13.8 Å². The molecule has 0 aromatic rings. The molecule has 0 aromatic carbocycles. The first-order valence-corrected chi connectivity index (χ1v) is 5.65. The fourth-order valence-electron chi connectivity index (χ4n) is 1.55. The van der Waals surface area contributed by atoms with Crippen molar-refractivity contribution < 1.29 is 13.8 Å². The van der Waals surface area contributed by atoms with Gasteiger partial charge >= 0.3 is 0 Å². The van der Waals surface area contributed by atoms with Crippen LogP contribution in [0.5, 0.6) is 0 Å². The Morgan fingerprint density at radius 3 is 3.00 bits per heavy atom. The van der Waals surface area contributed by atoms with Gasteiger partial charge in [0.05, 0.1) is 6.42 Å². The van der Waals surface area contributed by atoms with Crippen molar-refractivity contribution in [2.45, 2.75) is 18.7 Å². The van der Waals surface area contributed by atoms with Crippen LogP contribution in [0.4, 0.5) is 0 Å².